The summed E-state index contributed by atoms with van der Waals surface area (Å²) < 4.78 is 0. The number of rotatable bonds is 1. The van der Waals surface area contributed by atoms with Gasteiger partial charge in [0, 0.05) is 12.2 Å². The maximum Gasteiger partial charge on any atom is 0.0408 e. The van der Waals surface area contributed by atoms with Crippen LogP contribution in [-0.2, 0) is 6.42 Å². The molecule has 1 fully saturated rings. The summed E-state index contributed by atoms with van der Waals surface area (Å²) in [6.07, 6.45) is 8.15. The molecule has 0 radical (unpaired) electrons. The Labute approximate surface area is 105 Å². The molecule has 1 aromatic rings. The van der Waals surface area contributed by atoms with E-state index in [1.165, 1.54) is 44.2 Å². The molecular weight excluding hydrogens is 206 g/mol. The summed E-state index contributed by atoms with van der Waals surface area (Å²) in [5.41, 5.74) is 4.64. The molecule has 0 spiro atoms. The van der Waals surface area contributed by atoms with Crippen molar-refractivity contribution in [2.75, 3.05) is 11.9 Å². The first-order valence-corrected chi connectivity index (χ1v) is 7.20. The lowest BCUT2D eigenvalue weighted by atomic mass is 9.78. The topological polar surface area (TPSA) is 12.0 Å². The number of hydrogen-bond donors (Lipinski definition) is 1. The predicted octanol–water partition coefficient (Wildman–Crippen LogP) is 4.34. The molecule has 1 aliphatic carbocycles. The van der Waals surface area contributed by atoms with Gasteiger partial charge in [-0.05, 0) is 48.6 Å². The average molecular weight is 229 g/mol. The van der Waals surface area contributed by atoms with Gasteiger partial charge in [-0.3, -0.25) is 0 Å². The number of nitrogens with one attached hydrogen (secondary N) is 1. The largest absolute Gasteiger partial charge is 0.385 e. The molecule has 2 aliphatic rings. The van der Waals surface area contributed by atoms with Gasteiger partial charge in [-0.25, -0.2) is 0 Å². The highest BCUT2D eigenvalue weighted by molar-refractivity contribution is 5.60. The molecule has 92 valence electrons. The Hall–Kier alpha value is -0.980. The van der Waals surface area contributed by atoms with Crippen molar-refractivity contribution in [3.8, 4) is 0 Å². The summed E-state index contributed by atoms with van der Waals surface area (Å²) in [4.78, 5) is 0. The molecular formula is C16H23N. The summed E-state index contributed by atoms with van der Waals surface area (Å²) in [7, 11) is 0. The van der Waals surface area contributed by atoms with Crippen molar-refractivity contribution in [1.29, 1.82) is 0 Å². The van der Waals surface area contributed by atoms with Gasteiger partial charge < -0.3 is 5.32 Å². The monoisotopic (exact) mass is 229 g/mol. The number of anilines is 1. The fourth-order valence-corrected chi connectivity index (χ4v) is 3.45. The van der Waals surface area contributed by atoms with Gasteiger partial charge >= 0.3 is 0 Å². The molecule has 1 N–H and O–H groups in total. The van der Waals surface area contributed by atoms with Gasteiger partial charge in [-0.2, -0.15) is 0 Å². The number of para-hydroxylation sites is 1. The predicted molar refractivity (Wildman–Crippen MR) is 73.6 cm³/mol. The zero-order valence-electron chi connectivity index (χ0n) is 10.8. The third kappa shape index (κ3) is 2.20. The van der Waals surface area contributed by atoms with Gasteiger partial charge in [0.2, 0.25) is 0 Å². The lowest BCUT2D eigenvalue weighted by Gasteiger charge is -2.30. The molecule has 0 bridgehead atoms. The smallest absolute Gasteiger partial charge is 0.0408 e. The standard InChI is InChI=1S/C16H23N/c1-12-7-9-13(10-8-12)15-6-2-4-14-5-3-11-17-16(14)15/h2,4,6,12-13,17H,3,5,7-11H2,1H3. The lowest BCUT2D eigenvalue weighted by molar-refractivity contribution is 0.348. The maximum atomic E-state index is 3.64. The molecule has 1 aromatic carbocycles. The zero-order chi connectivity index (χ0) is 11.7. The van der Waals surface area contributed by atoms with E-state index in [-0.39, 0.29) is 0 Å². The molecule has 1 heterocycles. The van der Waals surface area contributed by atoms with Crippen LogP contribution in [0.3, 0.4) is 0 Å². The van der Waals surface area contributed by atoms with Crippen LogP contribution in [0.4, 0.5) is 5.69 Å². The van der Waals surface area contributed by atoms with Crippen LogP contribution >= 0.6 is 0 Å². The normalized spacial score (nSPS) is 28.3. The number of hydrogen-bond acceptors (Lipinski definition) is 1. The molecule has 0 amide bonds. The van der Waals surface area contributed by atoms with E-state index in [2.05, 4.69) is 30.4 Å². The fourth-order valence-electron chi connectivity index (χ4n) is 3.45. The van der Waals surface area contributed by atoms with Crippen LogP contribution < -0.4 is 5.32 Å². The number of aryl methyl sites for hydroxylation is 1. The highest BCUT2D eigenvalue weighted by Crippen LogP contribution is 2.40. The minimum atomic E-state index is 0.812. The Bertz CT molecular complexity index is 389. The van der Waals surface area contributed by atoms with Crippen LogP contribution in [0.25, 0.3) is 0 Å². The first-order valence-electron chi connectivity index (χ1n) is 7.20. The molecule has 3 rings (SSSR count). The van der Waals surface area contributed by atoms with E-state index in [0.29, 0.717) is 0 Å². The average Bonchev–Trinajstić information content (AvgIpc) is 2.39. The summed E-state index contributed by atoms with van der Waals surface area (Å²) in [6.45, 7) is 3.56. The SMILES string of the molecule is CC1CCC(c2cccc3c2NCCC3)CC1. The van der Waals surface area contributed by atoms with E-state index in [1.54, 1.807) is 11.1 Å². The van der Waals surface area contributed by atoms with Crippen molar-refractivity contribution in [1.82, 2.24) is 0 Å². The Balaban J connectivity index is 1.87. The maximum absolute atomic E-state index is 3.64. The summed E-state index contributed by atoms with van der Waals surface area (Å²) in [5.74, 6) is 1.76. The van der Waals surface area contributed by atoms with Crippen molar-refractivity contribution < 1.29 is 0 Å². The van der Waals surface area contributed by atoms with Gasteiger partial charge in [0.1, 0.15) is 0 Å². The van der Waals surface area contributed by atoms with Crippen molar-refractivity contribution >= 4 is 5.69 Å². The van der Waals surface area contributed by atoms with Crippen LogP contribution in [0.5, 0.6) is 0 Å². The van der Waals surface area contributed by atoms with E-state index in [0.717, 1.165) is 18.4 Å². The molecule has 0 unspecified atom stereocenters. The quantitative estimate of drug-likeness (QED) is 0.755. The molecule has 1 aliphatic heterocycles. The summed E-state index contributed by atoms with van der Waals surface area (Å²) in [5, 5.41) is 3.64. The van der Waals surface area contributed by atoms with Crippen LogP contribution in [0.2, 0.25) is 0 Å². The minimum absolute atomic E-state index is 0.812. The molecule has 1 heteroatoms. The van der Waals surface area contributed by atoms with E-state index in [9.17, 15) is 0 Å². The minimum Gasteiger partial charge on any atom is -0.385 e. The van der Waals surface area contributed by atoms with Crippen LogP contribution in [-0.4, -0.2) is 6.54 Å². The Morgan fingerprint density at radius 1 is 1.12 bits per heavy atom. The molecule has 17 heavy (non-hydrogen) atoms. The van der Waals surface area contributed by atoms with Crippen LogP contribution in [0.1, 0.15) is 56.1 Å². The Morgan fingerprint density at radius 2 is 1.94 bits per heavy atom. The molecule has 1 saturated carbocycles. The first-order chi connectivity index (χ1) is 8.34. The second-order valence-electron chi connectivity index (χ2n) is 5.87. The second kappa shape index (κ2) is 4.72. The van der Waals surface area contributed by atoms with E-state index in [1.807, 2.05) is 0 Å². The van der Waals surface area contributed by atoms with Crippen LogP contribution in [0.15, 0.2) is 18.2 Å². The highest BCUT2D eigenvalue weighted by Gasteiger charge is 2.23. The third-order valence-corrected chi connectivity index (χ3v) is 4.56. The third-order valence-electron chi connectivity index (χ3n) is 4.56. The first kappa shape index (κ1) is 11.1. The van der Waals surface area contributed by atoms with Crippen LogP contribution in [0, 0.1) is 5.92 Å². The fraction of sp³-hybridized carbons (Fsp3) is 0.625. The van der Waals surface area contributed by atoms with Crippen molar-refractivity contribution in [3.05, 3.63) is 29.3 Å². The van der Waals surface area contributed by atoms with E-state index >= 15 is 0 Å². The van der Waals surface area contributed by atoms with Gasteiger partial charge in [0.15, 0.2) is 0 Å². The number of benzene rings is 1. The van der Waals surface area contributed by atoms with Crippen molar-refractivity contribution in [3.63, 3.8) is 0 Å². The van der Waals surface area contributed by atoms with Gasteiger partial charge in [-0.15, -0.1) is 0 Å². The van der Waals surface area contributed by atoms with E-state index in [4.69, 9.17) is 0 Å². The highest BCUT2D eigenvalue weighted by atomic mass is 14.9. The van der Waals surface area contributed by atoms with Crippen molar-refractivity contribution in [2.24, 2.45) is 5.92 Å². The zero-order valence-corrected chi connectivity index (χ0v) is 10.8. The van der Waals surface area contributed by atoms with E-state index < -0.39 is 0 Å². The molecule has 0 atom stereocenters. The van der Waals surface area contributed by atoms with Gasteiger partial charge in [0.05, 0.1) is 0 Å². The van der Waals surface area contributed by atoms with Crippen molar-refractivity contribution in [2.45, 2.75) is 51.4 Å². The Morgan fingerprint density at radius 3 is 2.76 bits per heavy atom. The summed E-state index contributed by atoms with van der Waals surface area (Å²) >= 11 is 0. The molecule has 0 saturated heterocycles. The second-order valence-corrected chi connectivity index (χ2v) is 5.87. The Kier molecular flexibility index (Phi) is 3.09. The molecule has 1 nitrogen and oxygen atoms in total. The van der Waals surface area contributed by atoms with Gasteiger partial charge in [-0.1, -0.05) is 38.0 Å². The lowest BCUT2D eigenvalue weighted by Crippen LogP contribution is -2.17. The van der Waals surface area contributed by atoms with Gasteiger partial charge in [0.25, 0.3) is 0 Å². The summed E-state index contributed by atoms with van der Waals surface area (Å²) in [6, 6.07) is 6.92. The number of fused-ring (bicyclic) bond motifs is 1. The molecule has 0 aromatic heterocycles.